The van der Waals surface area contributed by atoms with Gasteiger partial charge in [-0.3, -0.25) is 19.5 Å². The predicted molar refractivity (Wildman–Crippen MR) is 120 cm³/mol. The first kappa shape index (κ1) is 24.3. The molecule has 3 aromatic rings. The Kier molecular flexibility index (Phi) is 6.78. The standard InChI is InChI=1S/C22H23F3N8O2/c1-13-9-14(2)33(31-13)18-10-17(29-20(30-18)16-5-3-4-7-26-16)28-19(34)12-32-8-6-15(11-32)27-21(35)22(23,24)25/h3-5,7,9-10,15H,6,8,11-12H2,1-2H3,(H,27,35)(H,28,29,30,34)/t15-/m0/s1. The van der Waals surface area contributed by atoms with Crippen molar-refractivity contribution in [3.05, 3.63) is 47.9 Å². The molecule has 1 atom stereocenters. The number of hydrogen-bond donors (Lipinski definition) is 2. The smallest absolute Gasteiger partial charge is 0.344 e. The van der Waals surface area contributed by atoms with E-state index in [4.69, 9.17) is 0 Å². The van der Waals surface area contributed by atoms with Gasteiger partial charge in [-0.25, -0.2) is 14.6 Å². The number of amides is 2. The number of likely N-dealkylation sites (tertiary alicyclic amines) is 1. The first-order chi connectivity index (χ1) is 16.6. The van der Waals surface area contributed by atoms with Crippen LogP contribution in [0.25, 0.3) is 17.3 Å². The average molecular weight is 488 g/mol. The molecule has 1 fully saturated rings. The summed E-state index contributed by atoms with van der Waals surface area (Å²) in [5, 5.41) is 9.12. The molecule has 3 aromatic heterocycles. The molecule has 0 unspecified atom stereocenters. The minimum absolute atomic E-state index is 0.0729. The third-order valence-electron chi connectivity index (χ3n) is 5.33. The molecule has 0 aliphatic carbocycles. The number of nitrogens with one attached hydrogen (secondary N) is 2. The van der Waals surface area contributed by atoms with E-state index in [0.717, 1.165) is 11.4 Å². The average Bonchev–Trinajstić information content (AvgIpc) is 3.38. The first-order valence-corrected chi connectivity index (χ1v) is 10.8. The van der Waals surface area contributed by atoms with E-state index in [1.807, 2.05) is 25.2 Å². The number of carbonyl (C=O) groups is 2. The van der Waals surface area contributed by atoms with Crippen LogP contribution in [-0.2, 0) is 9.59 Å². The van der Waals surface area contributed by atoms with Crippen LogP contribution in [0.4, 0.5) is 19.0 Å². The number of aryl methyl sites for hydroxylation is 2. The second kappa shape index (κ2) is 9.78. The topological polar surface area (TPSA) is 118 Å². The Morgan fingerprint density at radius 2 is 1.97 bits per heavy atom. The second-order valence-electron chi connectivity index (χ2n) is 8.23. The monoisotopic (exact) mass is 488 g/mol. The van der Waals surface area contributed by atoms with Crippen molar-refractivity contribution in [3.8, 4) is 17.3 Å². The van der Waals surface area contributed by atoms with E-state index in [9.17, 15) is 22.8 Å². The Hall–Kier alpha value is -3.87. The maximum Gasteiger partial charge on any atom is 0.471 e. The molecule has 0 saturated carbocycles. The van der Waals surface area contributed by atoms with Crippen LogP contribution < -0.4 is 10.6 Å². The Morgan fingerprint density at radius 1 is 1.17 bits per heavy atom. The normalized spacial score (nSPS) is 16.3. The number of pyridine rings is 1. The number of halogens is 3. The molecule has 10 nitrogen and oxygen atoms in total. The highest BCUT2D eigenvalue weighted by Gasteiger charge is 2.40. The van der Waals surface area contributed by atoms with Crippen molar-refractivity contribution >= 4 is 17.6 Å². The number of nitrogens with zero attached hydrogens (tertiary/aromatic N) is 6. The van der Waals surface area contributed by atoms with Gasteiger partial charge in [-0.1, -0.05) is 6.07 Å². The van der Waals surface area contributed by atoms with Crippen LogP contribution in [0.3, 0.4) is 0 Å². The molecule has 1 aliphatic rings. The van der Waals surface area contributed by atoms with Crippen LogP contribution in [-0.4, -0.2) is 73.3 Å². The zero-order chi connectivity index (χ0) is 25.2. The van der Waals surface area contributed by atoms with Crippen LogP contribution in [0.5, 0.6) is 0 Å². The van der Waals surface area contributed by atoms with E-state index < -0.39 is 24.0 Å². The number of rotatable bonds is 6. The Balaban J connectivity index is 1.48. The molecule has 13 heteroatoms. The summed E-state index contributed by atoms with van der Waals surface area (Å²) in [6.07, 6.45) is -3.02. The third kappa shape index (κ3) is 5.98. The number of hydrogen-bond acceptors (Lipinski definition) is 7. The molecule has 1 saturated heterocycles. The summed E-state index contributed by atoms with van der Waals surface area (Å²) in [6, 6.07) is 8.09. The lowest BCUT2D eigenvalue weighted by molar-refractivity contribution is -0.174. The van der Waals surface area contributed by atoms with Gasteiger partial charge in [0.1, 0.15) is 11.5 Å². The minimum atomic E-state index is -4.94. The summed E-state index contributed by atoms with van der Waals surface area (Å²) in [7, 11) is 0. The summed E-state index contributed by atoms with van der Waals surface area (Å²) >= 11 is 0. The van der Waals surface area contributed by atoms with E-state index in [1.54, 1.807) is 40.0 Å². The number of carbonyl (C=O) groups excluding carboxylic acids is 2. The van der Waals surface area contributed by atoms with Crippen LogP contribution in [0.1, 0.15) is 17.8 Å². The van der Waals surface area contributed by atoms with E-state index in [-0.39, 0.29) is 18.9 Å². The fourth-order valence-corrected chi connectivity index (χ4v) is 3.82. The first-order valence-electron chi connectivity index (χ1n) is 10.8. The fraction of sp³-hybridized carbons (Fsp3) is 0.364. The number of anilines is 1. The summed E-state index contributed by atoms with van der Waals surface area (Å²) in [4.78, 5) is 38.8. The molecule has 0 radical (unpaired) electrons. The lowest BCUT2D eigenvalue weighted by Gasteiger charge is -2.17. The highest BCUT2D eigenvalue weighted by atomic mass is 19.4. The van der Waals surface area contributed by atoms with Gasteiger partial charge in [0.25, 0.3) is 0 Å². The van der Waals surface area contributed by atoms with Crippen molar-refractivity contribution < 1.29 is 22.8 Å². The van der Waals surface area contributed by atoms with Gasteiger partial charge in [0, 0.05) is 37.1 Å². The summed E-state index contributed by atoms with van der Waals surface area (Å²) < 4.78 is 39.1. The Labute approximate surface area is 198 Å². The van der Waals surface area contributed by atoms with Gasteiger partial charge >= 0.3 is 12.1 Å². The third-order valence-corrected chi connectivity index (χ3v) is 5.33. The zero-order valence-electron chi connectivity index (χ0n) is 19.0. The van der Waals surface area contributed by atoms with Gasteiger partial charge in [-0.05, 0) is 38.5 Å². The highest BCUT2D eigenvalue weighted by Crippen LogP contribution is 2.20. The fourth-order valence-electron chi connectivity index (χ4n) is 3.82. The molecule has 0 spiro atoms. The maximum absolute atomic E-state index is 12.7. The number of alkyl halides is 3. The van der Waals surface area contributed by atoms with Crippen molar-refractivity contribution in [3.63, 3.8) is 0 Å². The van der Waals surface area contributed by atoms with Crippen molar-refractivity contribution in [2.75, 3.05) is 25.0 Å². The molecule has 35 heavy (non-hydrogen) atoms. The minimum Gasteiger partial charge on any atom is -0.344 e. The molecule has 0 bridgehead atoms. The zero-order valence-corrected chi connectivity index (χ0v) is 19.0. The SMILES string of the molecule is Cc1cc(C)n(-c2cc(NC(=O)CN3CC[C@H](NC(=O)C(F)(F)F)C3)nc(-c3ccccn3)n2)n1. The van der Waals surface area contributed by atoms with Gasteiger partial charge in [0.15, 0.2) is 11.6 Å². The molecule has 2 N–H and O–H groups in total. The van der Waals surface area contributed by atoms with Gasteiger partial charge in [0.2, 0.25) is 5.91 Å². The van der Waals surface area contributed by atoms with Crippen LogP contribution in [0, 0.1) is 13.8 Å². The molecule has 4 rings (SSSR count). The largest absolute Gasteiger partial charge is 0.471 e. The molecule has 1 aliphatic heterocycles. The van der Waals surface area contributed by atoms with Gasteiger partial charge in [0.05, 0.1) is 12.2 Å². The van der Waals surface area contributed by atoms with Crippen LogP contribution in [0.2, 0.25) is 0 Å². The predicted octanol–water partition coefficient (Wildman–Crippen LogP) is 2.03. The summed E-state index contributed by atoms with van der Waals surface area (Å²) in [5.74, 6) is -1.42. The van der Waals surface area contributed by atoms with Crippen molar-refractivity contribution in [1.29, 1.82) is 0 Å². The highest BCUT2D eigenvalue weighted by molar-refractivity contribution is 5.91. The lowest BCUT2D eigenvalue weighted by atomic mass is 10.2. The molecule has 0 aromatic carbocycles. The second-order valence-corrected chi connectivity index (χ2v) is 8.23. The molecular formula is C22H23F3N8O2. The quantitative estimate of drug-likeness (QED) is 0.545. The van der Waals surface area contributed by atoms with Gasteiger partial charge < -0.3 is 10.6 Å². The van der Waals surface area contributed by atoms with Crippen LogP contribution in [0.15, 0.2) is 36.5 Å². The van der Waals surface area contributed by atoms with Crippen molar-refractivity contribution in [2.45, 2.75) is 32.5 Å². The van der Waals surface area contributed by atoms with E-state index in [1.165, 1.54) is 0 Å². The van der Waals surface area contributed by atoms with E-state index >= 15 is 0 Å². The maximum atomic E-state index is 12.7. The van der Waals surface area contributed by atoms with Crippen LogP contribution >= 0.6 is 0 Å². The number of aromatic nitrogens is 5. The lowest BCUT2D eigenvalue weighted by Crippen LogP contribution is -2.44. The molecule has 2 amide bonds. The Bertz CT molecular complexity index is 1230. The van der Waals surface area contributed by atoms with Crippen molar-refractivity contribution in [2.24, 2.45) is 0 Å². The summed E-state index contributed by atoms with van der Waals surface area (Å²) in [6.45, 7) is 4.16. The van der Waals surface area contributed by atoms with Gasteiger partial charge in [-0.2, -0.15) is 18.3 Å². The van der Waals surface area contributed by atoms with Gasteiger partial charge in [-0.15, -0.1) is 0 Å². The molecular weight excluding hydrogens is 465 g/mol. The summed E-state index contributed by atoms with van der Waals surface area (Å²) in [5.41, 5.74) is 2.15. The van der Waals surface area contributed by atoms with E-state index in [0.29, 0.717) is 30.3 Å². The molecule has 4 heterocycles. The van der Waals surface area contributed by atoms with Crippen molar-refractivity contribution in [1.82, 2.24) is 34.9 Å². The molecule has 184 valence electrons. The van der Waals surface area contributed by atoms with E-state index in [2.05, 4.69) is 25.4 Å². The Morgan fingerprint density at radius 3 is 2.63 bits per heavy atom.